The molecule has 52 heavy (non-hydrogen) atoms. The van der Waals surface area contributed by atoms with E-state index < -0.39 is 11.5 Å². The Morgan fingerprint density at radius 1 is 0.962 bits per heavy atom. The first-order valence-electron chi connectivity index (χ1n) is 18.3. The fourth-order valence-electron chi connectivity index (χ4n) is 7.68. The zero-order valence-electron chi connectivity index (χ0n) is 29.9. The summed E-state index contributed by atoms with van der Waals surface area (Å²) in [5.41, 5.74) is 3.29. The Balaban J connectivity index is 1.28. The Labute approximate surface area is 306 Å². The highest BCUT2D eigenvalue weighted by atomic mass is 16.5. The zero-order chi connectivity index (χ0) is 36.3. The number of fused-ring (bicyclic) bond motifs is 9. The molecule has 0 saturated carbocycles. The van der Waals surface area contributed by atoms with E-state index in [1.165, 1.54) is 5.56 Å². The van der Waals surface area contributed by atoms with Crippen molar-refractivity contribution >= 4 is 16.6 Å². The number of methoxy groups -OCH3 is 1. The van der Waals surface area contributed by atoms with E-state index in [1.807, 2.05) is 60.7 Å². The lowest BCUT2D eigenvalue weighted by atomic mass is 9.65. The topological polar surface area (TPSA) is 105 Å². The van der Waals surface area contributed by atoms with Crippen molar-refractivity contribution in [3.8, 4) is 29.3 Å². The minimum absolute atomic E-state index is 0.0288. The van der Waals surface area contributed by atoms with Gasteiger partial charge in [-0.25, -0.2) is 0 Å². The van der Waals surface area contributed by atoms with Gasteiger partial charge < -0.3 is 29.5 Å². The summed E-state index contributed by atoms with van der Waals surface area (Å²) in [6.45, 7) is 0.247. The molecular weight excluding hydrogens is 652 g/mol. The lowest BCUT2D eigenvalue weighted by molar-refractivity contribution is -0.121. The van der Waals surface area contributed by atoms with E-state index in [2.05, 4.69) is 36.3 Å². The minimum Gasteiger partial charge on any atom is -0.508 e. The third-order valence-corrected chi connectivity index (χ3v) is 10.4. The molecular formula is C45H48O7. The molecule has 0 saturated heterocycles. The molecule has 0 fully saturated rings. The average molecular weight is 701 g/mol. The van der Waals surface area contributed by atoms with E-state index in [0.717, 1.165) is 47.6 Å². The van der Waals surface area contributed by atoms with E-state index in [0.29, 0.717) is 49.4 Å². The molecule has 7 heteroatoms. The largest absolute Gasteiger partial charge is 0.508 e. The summed E-state index contributed by atoms with van der Waals surface area (Å²) >= 11 is 0. The van der Waals surface area contributed by atoms with E-state index >= 15 is 0 Å². The van der Waals surface area contributed by atoms with Crippen LogP contribution in [0.2, 0.25) is 0 Å². The van der Waals surface area contributed by atoms with Gasteiger partial charge in [-0.3, -0.25) is 4.79 Å². The first-order chi connectivity index (χ1) is 25.4. The highest BCUT2D eigenvalue weighted by molar-refractivity contribution is 5.88. The fourth-order valence-corrected chi connectivity index (χ4v) is 7.68. The maximum Gasteiger partial charge on any atom is 0.161 e. The molecule has 0 amide bonds. The number of unbranched alkanes of at least 4 members (excludes halogenated alkanes) is 1. The molecule has 270 valence electrons. The molecule has 2 heterocycles. The van der Waals surface area contributed by atoms with Gasteiger partial charge >= 0.3 is 0 Å². The van der Waals surface area contributed by atoms with Crippen molar-refractivity contribution in [3.05, 3.63) is 125 Å². The Kier molecular flexibility index (Phi) is 12.2. The molecule has 3 aliphatic rings. The van der Waals surface area contributed by atoms with Gasteiger partial charge in [-0.2, -0.15) is 0 Å². The van der Waals surface area contributed by atoms with Crippen molar-refractivity contribution in [3.63, 3.8) is 0 Å². The quantitative estimate of drug-likeness (QED) is 0.112. The van der Waals surface area contributed by atoms with Crippen LogP contribution in [0.3, 0.4) is 0 Å². The smallest absolute Gasteiger partial charge is 0.161 e. The molecule has 6 bridgehead atoms. The van der Waals surface area contributed by atoms with Crippen LogP contribution in [0.25, 0.3) is 10.8 Å². The number of rotatable bonds is 10. The molecule has 3 N–H and O–H groups in total. The highest BCUT2D eigenvalue weighted by Gasteiger charge is 2.40. The predicted octanol–water partition coefficient (Wildman–Crippen LogP) is 8.73. The van der Waals surface area contributed by atoms with Crippen molar-refractivity contribution in [1.29, 1.82) is 0 Å². The van der Waals surface area contributed by atoms with Crippen molar-refractivity contribution in [1.82, 2.24) is 0 Å². The van der Waals surface area contributed by atoms with Gasteiger partial charge in [-0.15, -0.1) is 0 Å². The van der Waals surface area contributed by atoms with Crippen molar-refractivity contribution in [2.75, 3.05) is 13.7 Å². The Morgan fingerprint density at radius 3 is 2.63 bits per heavy atom. The first-order valence-corrected chi connectivity index (χ1v) is 18.3. The lowest BCUT2D eigenvalue weighted by Crippen LogP contribution is -2.36. The van der Waals surface area contributed by atoms with Gasteiger partial charge in [-0.05, 0) is 108 Å². The molecule has 3 atom stereocenters. The molecule has 3 unspecified atom stereocenters. The minimum atomic E-state index is -0.629. The monoisotopic (exact) mass is 700 g/mol. The molecule has 7 rings (SSSR count). The normalized spacial score (nSPS) is 20.5. The number of phenolic OH excluding ortho intramolecular Hbond substituents is 1. The van der Waals surface area contributed by atoms with Gasteiger partial charge in [0.25, 0.3) is 0 Å². The molecule has 1 aliphatic carbocycles. The summed E-state index contributed by atoms with van der Waals surface area (Å²) in [5, 5.41) is 33.8. The van der Waals surface area contributed by atoms with Gasteiger partial charge in [0.15, 0.2) is 11.5 Å². The molecule has 0 radical (unpaired) electrons. The number of aromatic hydroxyl groups is 1. The Bertz CT molecular complexity index is 1970. The number of aryl methyl sites for hydroxylation is 2. The molecule has 0 aromatic heterocycles. The zero-order valence-corrected chi connectivity index (χ0v) is 29.9. The third kappa shape index (κ3) is 9.18. The standard InChI is InChI=1S/C45H48O7/c1-50-43-22-15-33-13-18-37(47)28-39(30-45(23-24-46)29-38(48)19-17-36(45)11-6-5-10-32-8-3-2-4-9-32)51-25-7-12-41-40-20-14-34(31-52-44(43)27-33)26-35(40)16-21-42(41)49/h2-4,8-9,14-17,19-22,26-27,29,36,39,46,48-49H,5-6,10-13,18,23-24,28,30-31H2,1H3. The number of carbonyl (C=O) groups is 1. The second-order valence-electron chi connectivity index (χ2n) is 14.0. The number of carbonyl (C=O) groups excluding carboxylic acids is 1. The van der Waals surface area contributed by atoms with Crippen LogP contribution < -0.4 is 9.47 Å². The molecule has 2 aliphatic heterocycles. The maximum absolute atomic E-state index is 13.6. The molecule has 0 spiro atoms. The van der Waals surface area contributed by atoms with Crippen molar-refractivity contribution in [2.45, 2.75) is 76.9 Å². The van der Waals surface area contributed by atoms with Crippen LogP contribution in [0.4, 0.5) is 0 Å². The number of hydrogen-bond donors (Lipinski definition) is 3. The summed E-state index contributed by atoms with van der Waals surface area (Å²) < 4.78 is 18.0. The number of phenols is 1. The van der Waals surface area contributed by atoms with Crippen LogP contribution in [0.1, 0.15) is 67.2 Å². The van der Waals surface area contributed by atoms with Crippen LogP contribution in [-0.2, 0) is 35.4 Å². The van der Waals surface area contributed by atoms with Crippen molar-refractivity contribution < 1.29 is 34.3 Å². The highest BCUT2D eigenvalue weighted by Crippen LogP contribution is 2.46. The number of aliphatic hydroxyl groups excluding tert-OH is 2. The summed E-state index contributed by atoms with van der Waals surface area (Å²) in [6, 6.07) is 25.7. The van der Waals surface area contributed by atoms with Crippen LogP contribution in [-0.4, -0.2) is 40.9 Å². The SMILES string of the molecule is COc1ccc2cc1OCc1ccc3c(c(O)ccc3c1)CC#COC(CC1(CCO)C=C(O)C=CC1CCCCc1ccccc1)CC(=O)CC2. The van der Waals surface area contributed by atoms with E-state index in [9.17, 15) is 20.1 Å². The first kappa shape index (κ1) is 36.6. The number of hydrogen-bond acceptors (Lipinski definition) is 7. The van der Waals surface area contributed by atoms with E-state index in [4.69, 9.17) is 14.2 Å². The van der Waals surface area contributed by atoms with Crippen molar-refractivity contribution in [2.24, 2.45) is 11.3 Å². The summed E-state index contributed by atoms with van der Waals surface area (Å²) in [7, 11) is 1.61. The molecule has 4 aromatic rings. The number of Topliss-reactive ketones (excluding diaryl/α,β-unsaturated/α-hetero) is 1. The summed E-state index contributed by atoms with van der Waals surface area (Å²) in [5.74, 6) is 4.67. The second kappa shape index (κ2) is 17.4. The van der Waals surface area contributed by atoms with E-state index in [1.54, 1.807) is 19.3 Å². The van der Waals surface area contributed by atoms with Crippen LogP contribution >= 0.6 is 0 Å². The van der Waals surface area contributed by atoms with Gasteiger partial charge in [0.05, 0.1) is 7.11 Å². The number of ketones is 1. The lowest BCUT2D eigenvalue weighted by Gasteiger charge is -2.41. The van der Waals surface area contributed by atoms with Gasteiger partial charge in [0.2, 0.25) is 0 Å². The Morgan fingerprint density at radius 2 is 1.81 bits per heavy atom. The molecule has 4 aromatic carbocycles. The maximum atomic E-state index is 13.6. The third-order valence-electron chi connectivity index (χ3n) is 10.4. The summed E-state index contributed by atoms with van der Waals surface area (Å²) in [6.07, 6.45) is 13.8. The predicted molar refractivity (Wildman–Crippen MR) is 203 cm³/mol. The number of ether oxygens (including phenoxy) is 3. The van der Waals surface area contributed by atoms with Gasteiger partial charge in [0.1, 0.15) is 36.1 Å². The van der Waals surface area contributed by atoms with Gasteiger partial charge in [-0.1, -0.05) is 73.0 Å². The second-order valence-corrected chi connectivity index (χ2v) is 14.0. The number of allylic oxidation sites excluding steroid dienone is 3. The number of aliphatic hydroxyl groups is 2. The van der Waals surface area contributed by atoms with Crippen LogP contribution in [0.15, 0.2) is 103 Å². The number of benzene rings is 4. The van der Waals surface area contributed by atoms with Crippen LogP contribution in [0, 0.1) is 23.4 Å². The average Bonchev–Trinajstić information content (AvgIpc) is 3.15. The van der Waals surface area contributed by atoms with Crippen LogP contribution in [0.5, 0.6) is 17.2 Å². The Hall–Kier alpha value is -5.19. The fraction of sp³-hybridized carbons (Fsp3) is 0.356. The van der Waals surface area contributed by atoms with Gasteiger partial charge in [0, 0.05) is 36.8 Å². The molecule has 7 nitrogen and oxygen atoms in total. The van der Waals surface area contributed by atoms with E-state index in [-0.39, 0.29) is 42.7 Å². The summed E-state index contributed by atoms with van der Waals surface area (Å²) in [4.78, 5) is 13.6.